The van der Waals surface area contributed by atoms with E-state index in [4.69, 9.17) is 5.11 Å². The summed E-state index contributed by atoms with van der Waals surface area (Å²) in [7, 11) is -4.50. The fraction of sp³-hybridized carbons (Fsp3) is 1.00. The molecular weight excluding hydrogens is 235 g/mol. The van der Waals surface area contributed by atoms with Crippen molar-refractivity contribution >= 4 is 7.81 Å². The van der Waals surface area contributed by atoms with Crippen LogP contribution in [0.2, 0.25) is 0 Å². The molecule has 0 aliphatic carbocycles. The van der Waals surface area contributed by atoms with Gasteiger partial charge in [0.2, 0.25) is 0 Å². The number of hydrogen-bond donors (Lipinski definition) is 1. The molecule has 0 aromatic rings. The van der Waals surface area contributed by atoms with Crippen molar-refractivity contribution in [2.75, 3.05) is 34.3 Å². The third-order valence-corrected chi connectivity index (χ3v) is 0.771. The minimum atomic E-state index is -10.7. The van der Waals surface area contributed by atoms with Crippen molar-refractivity contribution in [2.24, 2.45) is 0 Å². The van der Waals surface area contributed by atoms with E-state index < -0.39 is 7.81 Å². The first-order valence-electron chi connectivity index (χ1n) is 3.49. The molecule has 0 amide bonds. The second kappa shape index (κ2) is 3.50. The molecule has 0 aromatic carbocycles. The van der Waals surface area contributed by atoms with Crippen LogP contribution in [-0.2, 0) is 0 Å². The van der Waals surface area contributed by atoms with Gasteiger partial charge in [0, 0.05) is 0 Å². The summed E-state index contributed by atoms with van der Waals surface area (Å²) in [5, 5.41) is 8.39. The number of likely N-dealkylation sites (N-methyl/N-ethyl adjacent to an activating group) is 1. The van der Waals surface area contributed by atoms with E-state index in [-0.39, 0.29) is 6.61 Å². The van der Waals surface area contributed by atoms with Gasteiger partial charge in [0.25, 0.3) is 0 Å². The van der Waals surface area contributed by atoms with Gasteiger partial charge in [0.05, 0.1) is 27.7 Å². The summed E-state index contributed by atoms with van der Waals surface area (Å²) in [6, 6.07) is 0. The second-order valence-electron chi connectivity index (χ2n) is 3.70. The summed E-state index contributed by atoms with van der Waals surface area (Å²) < 4.78 is 60.0. The van der Waals surface area contributed by atoms with Crippen LogP contribution in [0.4, 0.5) is 25.2 Å². The summed E-state index contributed by atoms with van der Waals surface area (Å²) in [5.74, 6) is 0. The van der Waals surface area contributed by atoms with Crippen LogP contribution in [0, 0.1) is 0 Å². The first-order chi connectivity index (χ1) is 5.51. The van der Waals surface area contributed by atoms with Crippen molar-refractivity contribution in [2.45, 2.75) is 0 Å². The zero-order valence-electron chi connectivity index (χ0n) is 8.02. The summed E-state index contributed by atoms with van der Waals surface area (Å²) in [6.07, 6.45) is 0. The predicted molar refractivity (Wildman–Crippen MR) is 43.6 cm³/mol. The number of aliphatic hydroxyl groups is 1. The first kappa shape index (κ1) is 16.4. The quantitative estimate of drug-likeness (QED) is 0.453. The zero-order chi connectivity index (χ0) is 12.3. The van der Waals surface area contributed by atoms with E-state index in [2.05, 4.69) is 21.1 Å². The van der Waals surface area contributed by atoms with Crippen LogP contribution < -0.4 is 0 Å². The second-order valence-corrected chi connectivity index (χ2v) is 5.61. The van der Waals surface area contributed by atoms with E-state index in [0.717, 1.165) is 11.0 Å². The van der Waals surface area contributed by atoms with Crippen molar-refractivity contribution in [1.29, 1.82) is 0 Å². The molecule has 0 saturated carbocycles. The third-order valence-electron chi connectivity index (χ3n) is 0.771. The number of nitrogens with zero attached hydrogens (tertiary/aromatic N) is 1. The van der Waals surface area contributed by atoms with E-state index >= 15 is 0 Å². The molecule has 0 bridgehead atoms. The Morgan fingerprint density at radius 3 is 1.14 bits per heavy atom. The maximum absolute atomic E-state index is 10.7. The molecule has 2 nitrogen and oxygen atoms in total. The Morgan fingerprint density at radius 2 is 1.14 bits per heavy atom. The minimum absolute atomic E-state index is 0.281. The molecule has 0 rings (SSSR count). The monoisotopic (exact) mass is 249 g/mol. The van der Waals surface area contributed by atoms with Gasteiger partial charge in [0.15, 0.2) is 0 Å². The van der Waals surface area contributed by atoms with Crippen LogP contribution in [0.15, 0.2) is 0 Å². The molecule has 0 aromatic heterocycles. The summed E-state index contributed by atoms with van der Waals surface area (Å²) in [6.45, 7) is 1.11. The molecule has 0 aliphatic rings. The van der Waals surface area contributed by atoms with E-state index in [9.17, 15) is 25.2 Å². The van der Waals surface area contributed by atoms with Gasteiger partial charge in [-0.2, -0.15) is 0 Å². The molecule has 1 N–H and O–H groups in total. The third kappa shape index (κ3) is 92.3. The molecule has 0 atom stereocenters. The Hall–Kier alpha value is -0.0700. The fourth-order valence-corrected chi connectivity index (χ4v) is 0.300. The molecule has 9 heteroatoms. The number of hydrogen-bond acceptors (Lipinski definition) is 1. The van der Waals surface area contributed by atoms with Crippen LogP contribution in [0.25, 0.3) is 0 Å². The standard InChI is InChI=1S/C5H14NO.F6P/c1-6(2,3)4-5-7;1-7(2,3,4,5)6/h7H,4-5H2,1-3H3;/q+1;-1. The van der Waals surface area contributed by atoms with Crippen LogP contribution in [0.5, 0.6) is 0 Å². The Labute approximate surface area is 78.0 Å². The molecule has 0 fully saturated rings. The first-order valence-corrected chi connectivity index (χ1v) is 5.52. The Morgan fingerprint density at radius 1 is 0.929 bits per heavy atom. The average molecular weight is 249 g/mol. The Bertz CT molecular complexity index is 166. The Kier molecular flexibility index (Phi) is 4.09. The topological polar surface area (TPSA) is 20.2 Å². The van der Waals surface area contributed by atoms with E-state index in [1.165, 1.54) is 0 Å². The van der Waals surface area contributed by atoms with Crippen molar-refractivity contribution in [3.05, 3.63) is 0 Å². The van der Waals surface area contributed by atoms with Crippen molar-refractivity contribution in [3.63, 3.8) is 0 Å². The van der Waals surface area contributed by atoms with Crippen molar-refractivity contribution in [3.8, 4) is 0 Å². The molecule has 92 valence electrons. The van der Waals surface area contributed by atoms with Crippen LogP contribution >= 0.6 is 7.81 Å². The average Bonchev–Trinajstić information content (AvgIpc) is 1.48. The molecule has 0 saturated heterocycles. The van der Waals surface area contributed by atoms with Gasteiger partial charge in [-0.1, -0.05) is 0 Å². The van der Waals surface area contributed by atoms with Crippen molar-refractivity contribution < 1.29 is 34.8 Å². The zero-order valence-corrected chi connectivity index (χ0v) is 8.92. The number of quaternary nitrogens is 1. The molecular formula is C5H14F6NOP. The summed E-state index contributed by atoms with van der Waals surface area (Å²) >= 11 is 0. The molecule has 0 radical (unpaired) electrons. The van der Waals surface area contributed by atoms with Crippen LogP contribution in [-0.4, -0.2) is 43.9 Å². The molecule has 0 aliphatic heterocycles. The number of halogens is 6. The van der Waals surface area contributed by atoms with E-state index in [1.807, 2.05) is 0 Å². The molecule has 0 unspecified atom stereocenters. The molecule has 14 heavy (non-hydrogen) atoms. The maximum atomic E-state index is 9.87. The van der Waals surface area contributed by atoms with Gasteiger partial charge < -0.3 is 9.59 Å². The van der Waals surface area contributed by atoms with Gasteiger partial charge in [-0.15, -0.1) is 0 Å². The number of rotatable bonds is 2. The van der Waals surface area contributed by atoms with Gasteiger partial charge in [-0.25, -0.2) is 0 Å². The number of aliphatic hydroxyl groups excluding tert-OH is 1. The van der Waals surface area contributed by atoms with Gasteiger partial charge in [-0.3, -0.25) is 0 Å². The molecule has 0 spiro atoms. The van der Waals surface area contributed by atoms with Gasteiger partial charge >= 0.3 is 33.0 Å². The SMILES string of the molecule is C[N+](C)(C)CCO.F[P-](F)(F)(F)(F)F. The van der Waals surface area contributed by atoms with Gasteiger partial charge in [0.1, 0.15) is 6.54 Å². The summed E-state index contributed by atoms with van der Waals surface area (Å²) in [5.41, 5.74) is 0. The van der Waals surface area contributed by atoms with E-state index in [0.29, 0.717) is 0 Å². The Balaban J connectivity index is 0. The van der Waals surface area contributed by atoms with Gasteiger partial charge in [-0.05, 0) is 0 Å². The van der Waals surface area contributed by atoms with E-state index in [1.54, 1.807) is 0 Å². The van der Waals surface area contributed by atoms with Crippen LogP contribution in [0.3, 0.4) is 0 Å². The van der Waals surface area contributed by atoms with Crippen molar-refractivity contribution in [1.82, 2.24) is 0 Å². The normalized spacial score (nSPS) is 17.6. The molecule has 0 heterocycles. The summed E-state index contributed by atoms with van der Waals surface area (Å²) in [4.78, 5) is 0. The predicted octanol–water partition coefficient (Wildman–Crippen LogP) is 3.07. The fourth-order valence-electron chi connectivity index (χ4n) is 0.300. The van der Waals surface area contributed by atoms with Crippen LogP contribution in [0.1, 0.15) is 0 Å².